The van der Waals surface area contributed by atoms with Crippen molar-refractivity contribution in [1.29, 1.82) is 0 Å². The summed E-state index contributed by atoms with van der Waals surface area (Å²) in [5, 5.41) is 15.2. The predicted octanol–water partition coefficient (Wildman–Crippen LogP) is 1.83. The number of alkyl carbamates (subject to hydrolysis) is 1. The standard InChI is InChI=1S/C15H24N2O3/c1-15(2,3)20-14(19)17-10-9-16-13(11-18)12-7-5-4-6-8-12/h4-8,13,16,18H,9-11H2,1-3H3,(H,17,19)/t13-/m0/s1. The van der Waals surface area contributed by atoms with Crippen molar-refractivity contribution >= 4 is 6.09 Å². The summed E-state index contributed by atoms with van der Waals surface area (Å²) < 4.78 is 5.13. The minimum Gasteiger partial charge on any atom is -0.444 e. The maximum Gasteiger partial charge on any atom is 0.407 e. The monoisotopic (exact) mass is 280 g/mol. The van der Waals surface area contributed by atoms with Crippen LogP contribution < -0.4 is 10.6 Å². The van der Waals surface area contributed by atoms with Crippen LogP contribution in [0.4, 0.5) is 4.79 Å². The van der Waals surface area contributed by atoms with Crippen molar-refractivity contribution in [2.75, 3.05) is 19.7 Å². The fourth-order valence-electron chi connectivity index (χ4n) is 1.70. The van der Waals surface area contributed by atoms with Crippen LogP contribution >= 0.6 is 0 Å². The Kier molecular flexibility index (Phi) is 6.48. The van der Waals surface area contributed by atoms with E-state index in [0.29, 0.717) is 13.1 Å². The van der Waals surface area contributed by atoms with Crippen molar-refractivity contribution in [3.8, 4) is 0 Å². The van der Waals surface area contributed by atoms with E-state index in [-0.39, 0.29) is 12.6 Å². The van der Waals surface area contributed by atoms with Gasteiger partial charge < -0.3 is 20.5 Å². The van der Waals surface area contributed by atoms with E-state index in [9.17, 15) is 9.90 Å². The molecule has 112 valence electrons. The molecule has 0 unspecified atom stereocenters. The normalized spacial score (nSPS) is 12.8. The lowest BCUT2D eigenvalue weighted by molar-refractivity contribution is 0.0527. The number of hydrogen-bond donors (Lipinski definition) is 3. The van der Waals surface area contributed by atoms with Gasteiger partial charge in [-0.25, -0.2) is 4.79 Å². The molecule has 0 aliphatic heterocycles. The zero-order chi connectivity index (χ0) is 15.0. The van der Waals surface area contributed by atoms with Crippen LogP contribution in [0.15, 0.2) is 30.3 Å². The highest BCUT2D eigenvalue weighted by Gasteiger charge is 2.15. The second kappa shape index (κ2) is 7.87. The number of carbonyl (C=O) groups is 1. The van der Waals surface area contributed by atoms with E-state index in [4.69, 9.17) is 4.74 Å². The van der Waals surface area contributed by atoms with Gasteiger partial charge in [-0.3, -0.25) is 0 Å². The van der Waals surface area contributed by atoms with Crippen LogP contribution in [-0.4, -0.2) is 36.5 Å². The molecule has 3 N–H and O–H groups in total. The molecular weight excluding hydrogens is 256 g/mol. The largest absolute Gasteiger partial charge is 0.444 e. The van der Waals surface area contributed by atoms with Gasteiger partial charge in [-0.15, -0.1) is 0 Å². The SMILES string of the molecule is CC(C)(C)OC(=O)NCCN[C@@H](CO)c1ccccc1. The van der Waals surface area contributed by atoms with Gasteiger partial charge in [-0.2, -0.15) is 0 Å². The third kappa shape index (κ3) is 6.54. The summed E-state index contributed by atoms with van der Waals surface area (Å²) in [7, 11) is 0. The lowest BCUT2D eigenvalue weighted by atomic mass is 10.1. The molecule has 20 heavy (non-hydrogen) atoms. The van der Waals surface area contributed by atoms with Gasteiger partial charge in [0.2, 0.25) is 0 Å². The molecule has 1 aromatic carbocycles. The van der Waals surface area contributed by atoms with Crippen LogP contribution in [0.2, 0.25) is 0 Å². The number of carbonyl (C=O) groups excluding carboxylic acids is 1. The smallest absolute Gasteiger partial charge is 0.407 e. The summed E-state index contributed by atoms with van der Waals surface area (Å²) in [6, 6.07) is 9.57. The van der Waals surface area contributed by atoms with Gasteiger partial charge in [0.15, 0.2) is 0 Å². The van der Waals surface area contributed by atoms with E-state index < -0.39 is 11.7 Å². The summed E-state index contributed by atoms with van der Waals surface area (Å²) in [6.45, 7) is 6.47. The Morgan fingerprint density at radius 2 is 1.90 bits per heavy atom. The van der Waals surface area contributed by atoms with Gasteiger partial charge in [-0.1, -0.05) is 30.3 Å². The fourth-order valence-corrected chi connectivity index (χ4v) is 1.70. The molecule has 0 fully saturated rings. The average molecular weight is 280 g/mol. The Bertz CT molecular complexity index is 401. The van der Waals surface area contributed by atoms with Gasteiger partial charge >= 0.3 is 6.09 Å². The molecule has 0 saturated heterocycles. The number of hydrogen-bond acceptors (Lipinski definition) is 4. The van der Waals surface area contributed by atoms with Crippen molar-refractivity contribution < 1.29 is 14.6 Å². The molecule has 5 heteroatoms. The molecule has 0 aliphatic carbocycles. The quantitative estimate of drug-likeness (QED) is 0.695. The van der Waals surface area contributed by atoms with E-state index >= 15 is 0 Å². The lowest BCUT2D eigenvalue weighted by Crippen LogP contribution is -2.37. The summed E-state index contributed by atoms with van der Waals surface area (Å²) in [5.74, 6) is 0. The average Bonchev–Trinajstić information content (AvgIpc) is 2.38. The molecule has 0 aliphatic rings. The second-order valence-corrected chi connectivity index (χ2v) is 5.53. The van der Waals surface area contributed by atoms with Crippen molar-refractivity contribution in [2.24, 2.45) is 0 Å². The second-order valence-electron chi connectivity index (χ2n) is 5.53. The molecular formula is C15H24N2O3. The third-order valence-corrected chi connectivity index (χ3v) is 2.57. The van der Waals surface area contributed by atoms with Gasteiger partial charge in [-0.05, 0) is 26.3 Å². The molecule has 0 radical (unpaired) electrons. The highest BCUT2D eigenvalue weighted by molar-refractivity contribution is 5.67. The van der Waals surface area contributed by atoms with Crippen molar-refractivity contribution in [3.05, 3.63) is 35.9 Å². The van der Waals surface area contributed by atoms with Crippen LogP contribution in [0.1, 0.15) is 32.4 Å². The Morgan fingerprint density at radius 3 is 2.45 bits per heavy atom. The minimum absolute atomic E-state index is 0.0104. The first-order valence-electron chi connectivity index (χ1n) is 6.78. The van der Waals surface area contributed by atoms with E-state index in [2.05, 4.69) is 10.6 Å². The Morgan fingerprint density at radius 1 is 1.25 bits per heavy atom. The number of rotatable bonds is 6. The highest BCUT2D eigenvalue weighted by Crippen LogP contribution is 2.10. The van der Waals surface area contributed by atoms with Crippen LogP contribution in [-0.2, 0) is 4.74 Å². The summed E-state index contributed by atoms with van der Waals surface area (Å²) in [6.07, 6.45) is -0.431. The number of aliphatic hydroxyl groups is 1. The Hall–Kier alpha value is -1.59. The number of nitrogens with one attached hydrogen (secondary N) is 2. The number of amides is 1. The Labute approximate surface area is 120 Å². The fraction of sp³-hybridized carbons (Fsp3) is 0.533. The van der Waals surface area contributed by atoms with Crippen LogP contribution in [0.5, 0.6) is 0 Å². The number of ether oxygens (including phenoxy) is 1. The highest BCUT2D eigenvalue weighted by atomic mass is 16.6. The third-order valence-electron chi connectivity index (χ3n) is 2.57. The molecule has 0 aromatic heterocycles. The maximum absolute atomic E-state index is 11.4. The molecule has 0 heterocycles. The first kappa shape index (κ1) is 16.5. The van der Waals surface area contributed by atoms with Gasteiger partial charge in [0, 0.05) is 13.1 Å². The van der Waals surface area contributed by atoms with E-state index in [1.807, 2.05) is 51.1 Å². The summed E-state index contributed by atoms with van der Waals surface area (Å²) in [5.41, 5.74) is 0.530. The van der Waals surface area contributed by atoms with Gasteiger partial charge in [0.25, 0.3) is 0 Å². The van der Waals surface area contributed by atoms with E-state index in [1.54, 1.807) is 0 Å². The van der Waals surface area contributed by atoms with Crippen molar-refractivity contribution in [3.63, 3.8) is 0 Å². The van der Waals surface area contributed by atoms with Crippen LogP contribution in [0, 0.1) is 0 Å². The van der Waals surface area contributed by atoms with Crippen molar-refractivity contribution in [1.82, 2.24) is 10.6 Å². The van der Waals surface area contributed by atoms with Crippen LogP contribution in [0.3, 0.4) is 0 Å². The molecule has 1 aromatic rings. The zero-order valence-electron chi connectivity index (χ0n) is 12.3. The molecule has 1 amide bonds. The molecule has 0 bridgehead atoms. The van der Waals surface area contributed by atoms with Gasteiger partial charge in [0.05, 0.1) is 12.6 Å². The zero-order valence-corrected chi connectivity index (χ0v) is 12.3. The Balaban J connectivity index is 2.28. The minimum atomic E-state index is -0.491. The maximum atomic E-state index is 11.4. The van der Waals surface area contributed by atoms with Crippen molar-refractivity contribution in [2.45, 2.75) is 32.4 Å². The number of benzene rings is 1. The van der Waals surface area contributed by atoms with E-state index in [0.717, 1.165) is 5.56 Å². The molecule has 0 spiro atoms. The summed E-state index contributed by atoms with van der Waals surface area (Å²) in [4.78, 5) is 11.4. The molecule has 0 saturated carbocycles. The van der Waals surface area contributed by atoms with E-state index in [1.165, 1.54) is 0 Å². The predicted molar refractivity (Wildman–Crippen MR) is 78.5 cm³/mol. The summed E-state index contributed by atoms with van der Waals surface area (Å²) >= 11 is 0. The lowest BCUT2D eigenvalue weighted by Gasteiger charge is -2.20. The molecule has 5 nitrogen and oxygen atoms in total. The topological polar surface area (TPSA) is 70.6 Å². The van der Waals surface area contributed by atoms with Gasteiger partial charge in [0.1, 0.15) is 5.60 Å². The number of aliphatic hydroxyl groups excluding tert-OH is 1. The first-order chi connectivity index (χ1) is 9.42. The molecule has 1 rings (SSSR count). The van der Waals surface area contributed by atoms with Crippen LogP contribution in [0.25, 0.3) is 0 Å². The first-order valence-corrected chi connectivity index (χ1v) is 6.78. The molecule has 1 atom stereocenters.